The molecule has 10 heteroatoms. The molecule has 3 N–H and O–H groups in total. The molecule has 8 nitrogen and oxygen atoms in total. The van der Waals surface area contributed by atoms with E-state index in [1.54, 1.807) is 0 Å². The van der Waals surface area contributed by atoms with Gasteiger partial charge in [0.1, 0.15) is 17.2 Å². The number of hydrogen-bond acceptors (Lipinski definition) is 5. The molecule has 2 aromatic rings. The first-order valence-electron chi connectivity index (χ1n) is 10.9. The predicted octanol–water partition coefficient (Wildman–Crippen LogP) is 2.08. The first kappa shape index (κ1) is 22.9. The summed E-state index contributed by atoms with van der Waals surface area (Å²) >= 11 is 0. The lowest BCUT2D eigenvalue weighted by Crippen LogP contribution is -2.46. The summed E-state index contributed by atoms with van der Waals surface area (Å²) in [6.45, 7) is 0.567. The molecule has 2 atom stereocenters. The molecule has 0 bridgehead atoms. The van der Waals surface area contributed by atoms with Crippen molar-refractivity contribution in [3.8, 4) is 5.75 Å². The van der Waals surface area contributed by atoms with Crippen LogP contribution in [0, 0.1) is 17.6 Å². The monoisotopic (exact) mass is 461 g/mol. The Balaban J connectivity index is 1.60. The highest BCUT2D eigenvalue weighted by atomic mass is 19.1. The molecular formula is C23H25F2N3O5. The second kappa shape index (κ2) is 9.70. The van der Waals surface area contributed by atoms with E-state index in [2.05, 4.69) is 10.6 Å². The van der Waals surface area contributed by atoms with Gasteiger partial charge in [-0.3, -0.25) is 14.4 Å². The molecule has 4 rings (SSSR count). The second-order valence-corrected chi connectivity index (χ2v) is 8.38. The maximum atomic E-state index is 13.8. The van der Waals surface area contributed by atoms with Gasteiger partial charge in [-0.2, -0.15) is 0 Å². The van der Waals surface area contributed by atoms with E-state index in [9.17, 15) is 28.3 Å². The maximum Gasteiger partial charge on any atom is 0.272 e. The summed E-state index contributed by atoms with van der Waals surface area (Å²) in [5.41, 5.74) is -1.61. The van der Waals surface area contributed by atoms with Gasteiger partial charge in [-0.15, -0.1) is 0 Å². The average molecular weight is 461 g/mol. The van der Waals surface area contributed by atoms with Gasteiger partial charge in [-0.1, -0.05) is 18.9 Å². The zero-order chi connectivity index (χ0) is 23.5. The first-order chi connectivity index (χ1) is 15.8. The normalized spacial score (nSPS) is 20.8. The van der Waals surface area contributed by atoms with Crippen molar-refractivity contribution in [2.75, 3.05) is 13.2 Å². The van der Waals surface area contributed by atoms with Crippen molar-refractivity contribution in [2.24, 2.45) is 5.92 Å². The standard InChI is InChI=1S/C23H25F2N3O5/c24-15-6-5-13(17(25)9-15)10-26-22(31)16-11-28-7-8-33-12-14-3-1-2-4-18(14)27-23(32)19(28)21(30)20(16)29/h5-6,9,11,14,18,30H,1-4,7-8,10,12H2,(H,26,31)(H,27,32)/t14-,18-/m0/s1. The molecule has 33 heavy (non-hydrogen) atoms. The van der Waals surface area contributed by atoms with Crippen molar-refractivity contribution in [1.29, 1.82) is 0 Å². The van der Waals surface area contributed by atoms with E-state index >= 15 is 0 Å². The van der Waals surface area contributed by atoms with E-state index in [0.717, 1.165) is 31.7 Å². The Morgan fingerprint density at radius 1 is 1.24 bits per heavy atom. The van der Waals surface area contributed by atoms with E-state index in [1.165, 1.54) is 16.8 Å². The van der Waals surface area contributed by atoms with E-state index < -0.39 is 40.2 Å². The van der Waals surface area contributed by atoms with Gasteiger partial charge in [0, 0.05) is 42.9 Å². The molecule has 176 valence electrons. The molecule has 0 saturated heterocycles. The largest absolute Gasteiger partial charge is 0.503 e. The summed E-state index contributed by atoms with van der Waals surface area (Å²) in [5, 5.41) is 15.9. The van der Waals surface area contributed by atoms with Crippen molar-refractivity contribution < 1.29 is 28.2 Å². The average Bonchev–Trinajstić information content (AvgIpc) is 2.78. The molecular weight excluding hydrogens is 436 g/mol. The van der Waals surface area contributed by atoms with Crippen LogP contribution in [-0.4, -0.2) is 40.7 Å². The third-order valence-corrected chi connectivity index (χ3v) is 6.20. The number of benzene rings is 1. The number of fused-ring (bicyclic) bond motifs is 2. The van der Waals surface area contributed by atoms with Crippen LogP contribution in [0.4, 0.5) is 8.78 Å². The Hall–Kier alpha value is -3.27. The lowest BCUT2D eigenvalue weighted by atomic mass is 9.85. The van der Waals surface area contributed by atoms with Crippen LogP contribution in [0.15, 0.2) is 29.2 Å². The molecule has 1 aliphatic carbocycles. The molecule has 0 spiro atoms. The highest BCUT2D eigenvalue weighted by Crippen LogP contribution is 2.26. The van der Waals surface area contributed by atoms with Crippen LogP contribution in [0.25, 0.3) is 0 Å². The summed E-state index contributed by atoms with van der Waals surface area (Å²) in [5.74, 6) is -3.70. The van der Waals surface area contributed by atoms with Gasteiger partial charge in [-0.05, 0) is 18.9 Å². The molecule has 1 aromatic heterocycles. The zero-order valence-electron chi connectivity index (χ0n) is 17.9. The van der Waals surface area contributed by atoms with Gasteiger partial charge in [0.05, 0.1) is 13.2 Å². The van der Waals surface area contributed by atoms with Crippen LogP contribution >= 0.6 is 0 Å². The number of amides is 2. The number of pyridine rings is 1. The van der Waals surface area contributed by atoms with E-state index in [-0.39, 0.29) is 42.9 Å². The van der Waals surface area contributed by atoms with E-state index in [1.807, 2.05) is 0 Å². The van der Waals surface area contributed by atoms with Crippen molar-refractivity contribution in [3.63, 3.8) is 0 Å². The third-order valence-electron chi connectivity index (χ3n) is 6.20. The van der Waals surface area contributed by atoms with Crippen LogP contribution in [0.5, 0.6) is 5.75 Å². The number of rotatable bonds is 3. The Labute approximate surface area is 188 Å². The lowest BCUT2D eigenvalue weighted by molar-refractivity contribution is 0.0554. The van der Waals surface area contributed by atoms with Crippen LogP contribution < -0.4 is 16.1 Å². The molecule has 2 aliphatic rings. The van der Waals surface area contributed by atoms with E-state index in [4.69, 9.17) is 4.74 Å². The fourth-order valence-corrected chi connectivity index (χ4v) is 4.39. The minimum Gasteiger partial charge on any atom is -0.503 e. The zero-order valence-corrected chi connectivity index (χ0v) is 17.9. The Bertz CT molecular complexity index is 1130. The highest BCUT2D eigenvalue weighted by molar-refractivity contribution is 5.98. The second-order valence-electron chi connectivity index (χ2n) is 8.38. The molecule has 1 aliphatic heterocycles. The molecule has 0 unspecified atom stereocenters. The number of aromatic hydroxyl groups is 1. The molecule has 2 heterocycles. The van der Waals surface area contributed by atoms with Crippen molar-refractivity contribution in [1.82, 2.24) is 15.2 Å². The topological polar surface area (TPSA) is 110 Å². The summed E-state index contributed by atoms with van der Waals surface area (Å²) in [6, 6.07) is 2.80. The number of nitrogens with zero attached hydrogens (tertiary/aromatic N) is 1. The number of carbonyl (C=O) groups is 2. The first-order valence-corrected chi connectivity index (χ1v) is 10.9. The number of nitrogens with one attached hydrogen (secondary N) is 2. The predicted molar refractivity (Wildman–Crippen MR) is 114 cm³/mol. The van der Waals surface area contributed by atoms with Gasteiger partial charge < -0.3 is 25.0 Å². The number of hydrogen-bond donors (Lipinski definition) is 3. The number of halogens is 2. The quantitative estimate of drug-likeness (QED) is 0.649. The third kappa shape index (κ3) is 4.90. The minimum absolute atomic E-state index is 0.0304. The summed E-state index contributed by atoms with van der Waals surface area (Å²) < 4.78 is 34.0. The smallest absolute Gasteiger partial charge is 0.272 e. The Morgan fingerprint density at radius 3 is 2.82 bits per heavy atom. The SMILES string of the molecule is O=C(NCc1ccc(F)cc1F)c1cn2c(c(O)c1=O)C(=O)N[C@H]1CCCC[C@H]1COCC2. The van der Waals surface area contributed by atoms with Crippen molar-refractivity contribution >= 4 is 11.8 Å². The number of aromatic nitrogens is 1. The van der Waals surface area contributed by atoms with E-state index in [0.29, 0.717) is 12.7 Å². The molecule has 1 fully saturated rings. The highest BCUT2D eigenvalue weighted by Gasteiger charge is 2.31. The van der Waals surface area contributed by atoms with Crippen LogP contribution in [0.1, 0.15) is 52.1 Å². The fraction of sp³-hybridized carbons (Fsp3) is 0.435. The lowest BCUT2D eigenvalue weighted by Gasteiger charge is -2.33. The van der Waals surface area contributed by atoms with Gasteiger partial charge in [-0.25, -0.2) is 8.78 Å². The fourth-order valence-electron chi connectivity index (χ4n) is 4.39. The summed E-state index contributed by atoms with van der Waals surface area (Å²) in [4.78, 5) is 38.3. The van der Waals surface area contributed by atoms with Crippen molar-refractivity contribution in [2.45, 2.75) is 44.8 Å². The molecule has 1 aromatic carbocycles. The molecule has 0 radical (unpaired) electrons. The summed E-state index contributed by atoms with van der Waals surface area (Å²) in [7, 11) is 0. The van der Waals surface area contributed by atoms with Gasteiger partial charge in [0.2, 0.25) is 5.43 Å². The maximum absolute atomic E-state index is 13.8. The molecule has 1 saturated carbocycles. The minimum atomic E-state index is -1.01. The van der Waals surface area contributed by atoms with Gasteiger partial charge >= 0.3 is 0 Å². The van der Waals surface area contributed by atoms with Crippen LogP contribution in [-0.2, 0) is 17.8 Å². The van der Waals surface area contributed by atoms with Gasteiger partial charge in [0.15, 0.2) is 11.4 Å². The Kier molecular flexibility index (Phi) is 6.73. The van der Waals surface area contributed by atoms with Gasteiger partial charge in [0.25, 0.3) is 11.8 Å². The Morgan fingerprint density at radius 2 is 2.03 bits per heavy atom. The summed E-state index contributed by atoms with van der Waals surface area (Å²) in [6.07, 6.45) is 4.93. The number of ether oxygens (including phenoxy) is 1. The van der Waals surface area contributed by atoms with Crippen LogP contribution in [0.3, 0.4) is 0 Å². The van der Waals surface area contributed by atoms with Crippen LogP contribution in [0.2, 0.25) is 0 Å². The molecule has 2 amide bonds. The van der Waals surface area contributed by atoms with Crippen molar-refractivity contribution in [3.05, 3.63) is 63.1 Å². The number of carbonyl (C=O) groups excluding carboxylic acids is 2.